The third kappa shape index (κ3) is 3.23. The molecule has 0 aromatic carbocycles. The lowest BCUT2D eigenvalue weighted by molar-refractivity contribution is 0.0951. The van der Waals surface area contributed by atoms with Crippen LogP contribution in [0.25, 0.3) is 0 Å². The predicted molar refractivity (Wildman–Crippen MR) is 59.1 cm³/mol. The van der Waals surface area contributed by atoms with Gasteiger partial charge in [-0.2, -0.15) is 0 Å². The summed E-state index contributed by atoms with van der Waals surface area (Å²) in [6, 6.07) is 0. The summed E-state index contributed by atoms with van der Waals surface area (Å²) in [6.07, 6.45) is 2.63. The Hall–Kier alpha value is -0.120. The lowest BCUT2D eigenvalue weighted by Crippen LogP contribution is -2.44. The molecule has 1 heterocycles. The zero-order chi connectivity index (χ0) is 10.6. The molecular weight excluding hydrogens is 176 g/mol. The summed E-state index contributed by atoms with van der Waals surface area (Å²) in [4.78, 5) is 2.41. The summed E-state index contributed by atoms with van der Waals surface area (Å²) in [7, 11) is 2.20. The maximum atomic E-state index is 8.76. The molecule has 3 nitrogen and oxygen atoms in total. The highest BCUT2D eigenvalue weighted by Gasteiger charge is 2.31. The molecule has 0 bridgehead atoms. The first-order chi connectivity index (χ1) is 6.56. The van der Waals surface area contributed by atoms with Gasteiger partial charge in [-0.1, -0.05) is 13.8 Å². The molecular formula is C11H24N2O. The molecule has 14 heavy (non-hydrogen) atoms. The van der Waals surface area contributed by atoms with Gasteiger partial charge < -0.3 is 10.0 Å². The minimum Gasteiger partial charge on any atom is -0.381 e. The van der Waals surface area contributed by atoms with Crippen LogP contribution in [-0.2, 0) is 0 Å². The van der Waals surface area contributed by atoms with Gasteiger partial charge in [0, 0.05) is 13.1 Å². The van der Waals surface area contributed by atoms with Crippen molar-refractivity contribution in [3.05, 3.63) is 0 Å². The molecule has 1 atom stereocenters. The molecule has 0 spiro atoms. The summed E-state index contributed by atoms with van der Waals surface area (Å²) in [6.45, 7) is 8.01. The fourth-order valence-corrected chi connectivity index (χ4v) is 2.33. The highest BCUT2D eigenvalue weighted by Crippen LogP contribution is 2.32. The van der Waals surface area contributed by atoms with Crippen molar-refractivity contribution in [3.8, 4) is 0 Å². The minimum absolute atomic E-state index is 0.0893. The second kappa shape index (κ2) is 5.10. The second-order valence-electron chi connectivity index (χ2n) is 5.17. The first kappa shape index (κ1) is 12.0. The van der Waals surface area contributed by atoms with Crippen molar-refractivity contribution in [2.45, 2.75) is 26.7 Å². The lowest BCUT2D eigenvalue weighted by Gasteiger charge is -2.40. The van der Waals surface area contributed by atoms with E-state index < -0.39 is 0 Å². The van der Waals surface area contributed by atoms with Crippen molar-refractivity contribution in [2.24, 2.45) is 11.3 Å². The maximum absolute atomic E-state index is 8.76. The Morgan fingerprint density at radius 1 is 1.50 bits per heavy atom. The highest BCUT2D eigenvalue weighted by molar-refractivity contribution is 4.84. The van der Waals surface area contributed by atoms with Gasteiger partial charge in [-0.05, 0) is 37.8 Å². The van der Waals surface area contributed by atoms with E-state index >= 15 is 0 Å². The number of hydrogen-bond acceptors (Lipinski definition) is 3. The van der Waals surface area contributed by atoms with Crippen LogP contribution in [0.2, 0.25) is 0 Å². The number of aliphatic hydroxyl groups excluding tert-OH is 1. The van der Waals surface area contributed by atoms with E-state index in [2.05, 4.69) is 31.1 Å². The maximum Gasteiger partial charge on any atom is 0.0931 e. The summed E-state index contributed by atoms with van der Waals surface area (Å²) >= 11 is 0. The Labute approximate surface area is 87.5 Å². The van der Waals surface area contributed by atoms with Crippen molar-refractivity contribution in [1.82, 2.24) is 10.2 Å². The van der Waals surface area contributed by atoms with Gasteiger partial charge in [0.15, 0.2) is 0 Å². The van der Waals surface area contributed by atoms with Crippen LogP contribution < -0.4 is 5.32 Å². The molecule has 2 N–H and O–H groups in total. The fourth-order valence-electron chi connectivity index (χ4n) is 2.33. The molecule has 0 radical (unpaired) electrons. The SMILES string of the molecule is CN1CCCC(C(C)(C)CNCO)C1. The molecule has 1 unspecified atom stereocenters. The molecule has 1 saturated heterocycles. The first-order valence-corrected chi connectivity index (χ1v) is 5.56. The Kier molecular flexibility index (Phi) is 4.35. The van der Waals surface area contributed by atoms with E-state index in [9.17, 15) is 0 Å². The molecule has 84 valence electrons. The minimum atomic E-state index is 0.0893. The van der Waals surface area contributed by atoms with Gasteiger partial charge in [-0.25, -0.2) is 0 Å². The van der Waals surface area contributed by atoms with E-state index in [1.165, 1.54) is 25.9 Å². The van der Waals surface area contributed by atoms with Gasteiger partial charge in [0.2, 0.25) is 0 Å². The van der Waals surface area contributed by atoms with Crippen LogP contribution in [0.1, 0.15) is 26.7 Å². The Morgan fingerprint density at radius 3 is 2.79 bits per heavy atom. The fraction of sp³-hybridized carbons (Fsp3) is 1.00. The number of hydrogen-bond donors (Lipinski definition) is 2. The van der Waals surface area contributed by atoms with Crippen molar-refractivity contribution in [1.29, 1.82) is 0 Å². The van der Waals surface area contributed by atoms with E-state index in [-0.39, 0.29) is 12.1 Å². The van der Waals surface area contributed by atoms with Crippen LogP contribution in [0, 0.1) is 11.3 Å². The molecule has 0 saturated carbocycles. The third-order valence-electron chi connectivity index (χ3n) is 3.42. The van der Waals surface area contributed by atoms with Crippen LogP contribution in [0.15, 0.2) is 0 Å². The van der Waals surface area contributed by atoms with E-state index in [0.717, 1.165) is 12.5 Å². The Bertz CT molecular complexity index is 171. The summed E-state index contributed by atoms with van der Waals surface area (Å²) in [5, 5.41) is 11.8. The second-order valence-corrected chi connectivity index (χ2v) is 5.17. The van der Waals surface area contributed by atoms with Crippen molar-refractivity contribution in [2.75, 3.05) is 33.4 Å². The van der Waals surface area contributed by atoms with Gasteiger partial charge in [0.1, 0.15) is 0 Å². The number of rotatable bonds is 4. The monoisotopic (exact) mass is 200 g/mol. The lowest BCUT2D eigenvalue weighted by atomic mass is 9.74. The number of piperidine rings is 1. The normalized spacial score (nSPS) is 25.3. The predicted octanol–water partition coefficient (Wildman–Crippen LogP) is 0.894. The molecule has 0 aromatic rings. The van der Waals surface area contributed by atoms with Gasteiger partial charge in [0.25, 0.3) is 0 Å². The van der Waals surface area contributed by atoms with Gasteiger partial charge in [-0.15, -0.1) is 0 Å². The average molecular weight is 200 g/mol. The molecule has 3 heteroatoms. The highest BCUT2D eigenvalue weighted by atomic mass is 16.3. The summed E-state index contributed by atoms with van der Waals surface area (Å²) in [5.74, 6) is 0.750. The van der Waals surface area contributed by atoms with Crippen LogP contribution in [0.3, 0.4) is 0 Å². The molecule has 1 rings (SSSR count). The number of nitrogens with zero attached hydrogens (tertiary/aromatic N) is 1. The van der Waals surface area contributed by atoms with E-state index in [1.54, 1.807) is 0 Å². The van der Waals surface area contributed by atoms with E-state index in [0.29, 0.717) is 0 Å². The summed E-state index contributed by atoms with van der Waals surface area (Å²) < 4.78 is 0. The van der Waals surface area contributed by atoms with Crippen LogP contribution in [0.5, 0.6) is 0 Å². The van der Waals surface area contributed by atoms with Gasteiger partial charge in [0.05, 0.1) is 6.73 Å². The zero-order valence-electron chi connectivity index (χ0n) is 9.71. The van der Waals surface area contributed by atoms with Crippen molar-refractivity contribution < 1.29 is 5.11 Å². The van der Waals surface area contributed by atoms with E-state index in [4.69, 9.17) is 5.11 Å². The van der Waals surface area contributed by atoms with Crippen molar-refractivity contribution >= 4 is 0 Å². The Balaban J connectivity index is 2.43. The molecule has 0 aliphatic carbocycles. The first-order valence-electron chi connectivity index (χ1n) is 5.56. The third-order valence-corrected chi connectivity index (χ3v) is 3.42. The number of nitrogens with one attached hydrogen (secondary N) is 1. The van der Waals surface area contributed by atoms with Gasteiger partial charge >= 0.3 is 0 Å². The molecule has 1 aliphatic rings. The molecule has 1 fully saturated rings. The topological polar surface area (TPSA) is 35.5 Å². The number of likely N-dealkylation sites (tertiary alicyclic amines) is 1. The van der Waals surface area contributed by atoms with E-state index in [1.807, 2.05) is 0 Å². The van der Waals surface area contributed by atoms with Gasteiger partial charge in [-0.3, -0.25) is 5.32 Å². The van der Waals surface area contributed by atoms with Crippen molar-refractivity contribution in [3.63, 3.8) is 0 Å². The molecule has 1 aliphatic heterocycles. The zero-order valence-corrected chi connectivity index (χ0v) is 9.71. The summed E-state index contributed by atoms with van der Waals surface area (Å²) in [5.41, 5.74) is 0.289. The largest absolute Gasteiger partial charge is 0.381 e. The molecule has 0 amide bonds. The Morgan fingerprint density at radius 2 is 2.21 bits per heavy atom. The number of aliphatic hydroxyl groups is 1. The smallest absolute Gasteiger partial charge is 0.0931 e. The quantitative estimate of drug-likeness (QED) is 0.662. The molecule has 0 aromatic heterocycles. The average Bonchev–Trinajstić information content (AvgIpc) is 2.15. The van der Waals surface area contributed by atoms with Crippen LogP contribution >= 0.6 is 0 Å². The standard InChI is InChI=1S/C11H24N2O/c1-11(2,8-12-9-14)10-5-4-6-13(3)7-10/h10,12,14H,4-9H2,1-3H3. The van der Waals surface area contributed by atoms with Crippen LogP contribution in [-0.4, -0.2) is 43.4 Å². The van der Waals surface area contributed by atoms with Crippen LogP contribution in [0.4, 0.5) is 0 Å².